The Bertz CT molecular complexity index is 942. The molecule has 4 nitrogen and oxygen atoms in total. The van der Waals surface area contributed by atoms with Crippen molar-refractivity contribution in [1.82, 2.24) is 9.97 Å². The van der Waals surface area contributed by atoms with Crippen LogP contribution in [0.3, 0.4) is 0 Å². The standard InChI is InChI=1S/C19H15N3O/c1-13-5-4-7-15(11-13)21-19-20-10-9-16(22-19)18-12-14-6-2-3-8-17(14)23-18/h2-12H,1H3,(H,20,21,22). The van der Waals surface area contributed by atoms with Gasteiger partial charge in [0.05, 0.1) is 0 Å². The van der Waals surface area contributed by atoms with E-state index in [0.717, 1.165) is 28.1 Å². The van der Waals surface area contributed by atoms with Gasteiger partial charge in [-0.1, -0.05) is 30.3 Å². The molecule has 0 aliphatic carbocycles. The third-order valence-electron chi connectivity index (χ3n) is 3.61. The number of nitrogens with one attached hydrogen (secondary N) is 1. The van der Waals surface area contributed by atoms with E-state index in [-0.39, 0.29) is 0 Å². The van der Waals surface area contributed by atoms with Crippen molar-refractivity contribution in [2.45, 2.75) is 6.92 Å². The van der Waals surface area contributed by atoms with E-state index in [4.69, 9.17) is 4.42 Å². The summed E-state index contributed by atoms with van der Waals surface area (Å²) < 4.78 is 5.86. The second-order valence-corrected chi connectivity index (χ2v) is 5.41. The molecular weight excluding hydrogens is 286 g/mol. The van der Waals surface area contributed by atoms with E-state index in [0.29, 0.717) is 5.95 Å². The summed E-state index contributed by atoms with van der Waals surface area (Å²) in [5, 5.41) is 4.29. The highest BCUT2D eigenvalue weighted by Gasteiger charge is 2.08. The van der Waals surface area contributed by atoms with Gasteiger partial charge in [-0.15, -0.1) is 0 Å². The van der Waals surface area contributed by atoms with E-state index in [1.807, 2.05) is 48.5 Å². The van der Waals surface area contributed by atoms with Gasteiger partial charge < -0.3 is 9.73 Å². The summed E-state index contributed by atoms with van der Waals surface area (Å²) in [5.74, 6) is 1.29. The molecule has 2 aromatic carbocycles. The van der Waals surface area contributed by atoms with Gasteiger partial charge in [0.2, 0.25) is 5.95 Å². The summed E-state index contributed by atoms with van der Waals surface area (Å²) in [6.45, 7) is 2.05. The van der Waals surface area contributed by atoms with Crippen molar-refractivity contribution in [1.29, 1.82) is 0 Å². The number of hydrogen-bond donors (Lipinski definition) is 1. The zero-order valence-electron chi connectivity index (χ0n) is 12.7. The van der Waals surface area contributed by atoms with Crippen molar-refractivity contribution in [3.05, 3.63) is 72.4 Å². The van der Waals surface area contributed by atoms with Crippen molar-refractivity contribution in [2.75, 3.05) is 5.32 Å². The van der Waals surface area contributed by atoms with Gasteiger partial charge in [-0.05, 0) is 42.8 Å². The summed E-state index contributed by atoms with van der Waals surface area (Å²) in [4.78, 5) is 8.83. The van der Waals surface area contributed by atoms with Crippen LogP contribution in [0.15, 0.2) is 71.3 Å². The van der Waals surface area contributed by atoms with Gasteiger partial charge in [0.1, 0.15) is 11.3 Å². The molecule has 112 valence electrons. The Morgan fingerprint density at radius 3 is 2.74 bits per heavy atom. The summed E-state index contributed by atoms with van der Waals surface area (Å²) in [6, 6.07) is 19.9. The summed E-state index contributed by atoms with van der Waals surface area (Å²) in [7, 11) is 0. The maximum absolute atomic E-state index is 5.86. The van der Waals surface area contributed by atoms with Crippen LogP contribution in [0, 0.1) is 6.92 Å². The molecule has 0 aliphatic heterocycles. The van der Waals surface area contributed by atoms with E-state index in [1.165, 1.54) is 5.56 Å². The second-order valence-electron chi connectivity index (χ2n) is 5.41. The van der Waals surface area contributed by atoms with Gasteiger partial charge in [0.25, 0.3) is 0 Å². The highest BCUT2D eigenvalue weighted by atomic mass is 16.3. The number of hydrogen-bond acceptors (Lipinski definition) is 4. The first-order valence-corrected chi connectivity index (χ1v) is 7.44. The van der Waals surface area contributed by atoms with E-state index in [9.17, 15) is 0 Å². The summed E-state index contributed by atoms with van der Waals surface area (Å²) >= 11 is 0. The van der Waals surface area contributed by atoms with Gasteiger partial charge in [0.15, 0.2) is 5.76 Å². The normalized spacial score (nSPS) is 10.8. The Labute approximate surface area is 133 Å². The van der Waals surface area contributed by atoms with E-state index in [1.54, 1.807) is 6.20 Å². The van der Waals surface area contributed by atoms with Crippen LogP contribution >= 0.6 is 0 Å². The zero-order valence-corrected chi connectivity index (χ0v) is 12.7. The Morgan fingerprint density at radius 2 is 1.87 bits per heavy atom. The predicted molar refractivity (Wildman–Crippen MR) is 91.7 cm³/mol. The Balaban J connectivity index is 1.68. The quantitative estimate of drug-likeness (QED) is 0.582. The number of aromatic nitrogens is 2. The van der Waals surface area contributed by atoms with Crippen LogP contribution in [0.5, 0.6) is 0 Å². The molecule has 0 radical (unpaired) electrons. The molecule has 0 spiro atoms. The van der Waals surface area contributed by atoms with Crippen molar-refractivity contribution in [3.8, 4) is 11.5 Å². The lowest BCUT2D eigenvalue weighted by atomic mass is 10.2. The first kappa shape index (κ1) is 13.5. The minimum Gasteiger partial charge on any atom is -0.454 e. The molecule has 4 aromatic rings. The van der Waals surface area contributed by atoms with E-state index in [2.05, 4.69) is 34.3 Å². The first-order valence-electron chi connectivity index (χ1n) is 7.44. The van der Waals surface area contributed by atoms with Crippen LogP contribution in [0.2, 0.25) is 0 Å². The number of benzene rings is 2. The monoisotopic (exact) mass is 301 g/mol. The molecule has 0 unspecified atom stereocenters. The first-order chi connectivity index (χ1) is 11.3. The topological polar surface area (TPSA) is 51.0 Å². The van der Waals surface area contributed by atoms with Crippen LogP contribution in [0.1, 0.15) is 5.56 Å². The molecule has 1 N–H and O–H groups in total. The molecule has 0 aliphatic rings. The molecule has 2 aromatic heterocycles. The molecule has 4 heteroatoms. The number of aryl methyl sites for hydroxylation is 1. The lowest BCUT2D eigenvalue weighted by Crippen LogP contribution is -1.97. The van der Waals surface area contributed by atoms with Crippen LogP contribution in [-0.4, -0.2) is 9.97 Å². The molecule has 0 saturated carbocycles. The second kappa shape index (κ2) is 5.57. The fourth-order valence-electron chi connectivity index (χ4n) is 2.52. The van der Waals surface area contributed by atoms with Crippen molar-refractivity contribution in [3.63, 3.8) is 0 Å². The zero-order chi connectivity index (χ0) is 15.6. The fraction of sp³-hybridized carbons (Fsp3) is 0.0526. The number of anilines is 2. The molecular formula is C19H15N3O. The van der Waals surface area contributed by atoms with Crippen LogP contribution < -0.4 is 5.32 Å². The Kier molecular flexibility index (Phi) is 3.27. The Morgan fingerprint density at radius 1 is 0.957 bits per heavy atom. The number of fused-ring (bicyclic) bond motifs is 1. The third kappa shape index (κ3) is 2.79. The molecule has 0 fully saturated rings. The lowest BCUT2D eigenvalue weighted by molar-refractivity contribution is 0.628. The average Bonchev–Trinajstić information content (AvgIpc) is 2.99. The summed E-state index contributed by atoms with van der Waals surface area (Å²) in [5.41, 5.74) is 3.76. The SMILES string of the molecule is Cc1cccc(Nc2nccc(-c3cc4ccccc4o3)n2)c1. The number of nitrogens with zero attached hydrogens (tertiary/aromatic N) is 2. The minimum atomic E-state index is 0.550. The molecule has 0 saturated heterocycles. The molecule has 2 heterocycles. The van der Waals surface area contributed by atoms with Crippen molar-refractivity contribution in [2.24, 2.45) is 0 Å². The Hall–Kier alpha value is -3.14. The van der Waals surface area contributed by atoms with Crippen LogP contribution in [-0.2, 0) is 0 Å². The number of furan rings is 1. The third-order valence-corrected chi connectivity index (χ3v) is 3.61. The number of para-hydroxylation sites is 1. The molecule has 23 heavy (non-hydrogen) atoms. The summed E-state index contributed by atoms with van der Waals surface area (Å²) in [6.07, 6.45) is 1.73. The van der Waals surface area contributed by atoms with Gasteiger partial charge in [-0.2, -0.15) is 0 Å². The smallest absolute Gasteiger partial charge is 0.227 e. The maximum atomic E-state index is 5.86. The lowest BCUT2D eigenvalue weighted by Gasteiger charge is -2.06. The highest BCUT2D eigenvalue weighted by Crippen LogP contribution is 2.27. The highest BCUT2D eigenvalue weighted by molar-refractivity contribution is 5.82. The molecule has 0 amide bonds. The van der Waals surface area contributed by atoms with Crippen LogP contribution in [0.25, 0.3) is 22.4 Å². The van der Waals surface area contributed by atoms with Gasteiger partial charge >= 0.3 is 0 Å². The largest absolute Gasteiger partial charge is 0.454 e. The molecule has 0 atom stereocenters. The van der Waals surface area contributed by atoms with E-state index < -0.39 is 0 Å². The molecule has 0 bridgehead atoms. The average molecular weight is 301 g/mol. The number of rotatable bonds is 3. The van der Waals surface area contributed by atoms with E-state index >= 15 is 0 Å². The fourth-order valence-corrected chi connectivity index (χ4v) is 2.52. The van der Waals surface area contributed by atoms with Gasteiger partial charge in [0, 0.05) is 17.3 Å². The van der Waals surface area contributed by atoms with Gasteiger partial charge in [-0.3, -0.25) is 0 Å². The molecule has 4 rings (SSSR count). The maximum Gasteiger partial charge on any atom is 0.227 e. The minimum absolute atomic E-state index is 0.550. The van der Waals surface area contributed by atoms with Crippen LogP contribution in [0.4, 0.5) is 11.6 Å². The van der Waals surface area contributed by atoms with Crippen molar-refractivity contribution < 1.29 is 4.42 Å². The predicted octanol–water partition coefficient (Wildman–Crippen LogP) is 4.94. The van der Waals surface area contributed by atoms with Crippen molar-refractivity contribution >= 4 is 22.6 Å². The van der Waals surface area contributed by atoms with Gasteiger partial charge in [-0.25, -0.2) is 9.97 Å².